The SMILES string of the molecule is CCOc1ncnc(NCCCCC(N)=O)c1C. The van der Waals surface area contributed by atoms with Gasteiger partial charge in [-0.1, -0.05) is 0 Å². The second kappa shape index (κ2) is 7.47. The average molecular weight is 252 g/mol. The van der Waals surface area contributed by atoms with Crippen LogP contribution in [0.15, 0.2) is 6.33 Å². The fraction of sp³-hybridized carbons (Fsp3) is 0.583. The van der Waals surface area contributed by atoms with Gasteiger partial charge in [0.05, 0.1) is 12.2 Å². The van der Waals surface area contributed by atoms with E-state index < -0.39 is 0 Å². The molecule has 1 amide bonds. The quantitative estimate of drug-likeness (QED) is 0.679. The van der Waals surface area contributed by atoms with Crippen molar-refractivity contribution in [2.24, 2.45) is 5.73 Å². The lowest BCUT2D eigenvalue weighted by Gasteiger charge is -2.11. The summed E-state index contributed by atoms with van der Waals surface area (Å²) < 4.78 is 5.38. The van der Waals surface area contributed by atoms with Crippen LogP contribution in [0.1, 0.15) is 31.7 Å². The van der Waals surface area contributed by atoms with E-state index in [1.54, 1.807) is 0 Å². The van der Waals surface area contributed by atoms with Crippen molar-refractivity contribution in [1.82, 2.24) is 9.97 Å². The van der Waals surface area contributed by atoms with Crippen LogP contribution < -0.4 is 15.8 Å². The number of ether oxygens (including phenoxy) is 1. The van der Waals surface area contributed by atoms with E-state index >= 15 is 0 Å². The first-order valence-electron chi connectivity index (χ1n) is 6.11. The van der Waals surface area contributed by atoms with E-state index in [1.165, 1.54) is 6.33 Å². The summed E-state index contributed by atoms with van der Waals surface area (Å²) in [5.74, 6) is 1.12. The molecule has 1 rings (SSSR count). The normalized spacial score (nSPS) is 10.1. The third-order valence-electron chi connectivity index (χ3n) is 2.46. The molecule has 0 saturated heterocycles. The molecule has 0 saturated carbocycles. The number of primary amides is 1. The van der Waals surface area contributed by atoms with Gasteiger partial charge >= 0.3 is 0 Å². The molecule has 3 N–H and O–H groups in total. The van der Waals surface area contributed by atoms with Gasteiger partial charge in [0.25, 0.3) is 0 Å². The number of hydrogen-bond acceptors (Lipinski definition) is 5. The molecule has 18 heavy (non-hydrogen) atoms. The molecule has 0 bridgehead atoms. The number of aromatic nitrogens is 2. The first kappa shape index (κ1) is 14.2. The summed E-state index contributed by atoms with van der Waals surface area (Å²) in [6, 6.07) is 0. The highest BCUT2D eigenvalue weighted by Crippen LogP contribution is 2.20. The number of nitrogens with one attached hydrogen (secondary N) is 1. The highest BCUT2D eigenvalue weighted by atomic mass is 16.5. The standard InChI is InChI=1S/C12H20N4O2/c1-3-18-12-9(2)11(15-8-16-12)14-7-5-4-6-10(13)17/h8H,3-7H2,1-2H3,(H2,13,17)(H,14,15,16). The molecule has 0 aromatic carbocycles. The summed E-state index contributed by atoms with van der Waals surface area (Å²) in [6.07, 6.45) is 3.56. The van der Waals surface area contributed by atoms with Crippen LogP contribution in [-0.2, 0) is 4.79 Å². The van der Waals surface area contributed by atoms with E-state index in [-0.39, 0.29) is 5.91 Å². The monoisotopic (exact) mass is 252 g/mol. The Morgan fingerprint density at radius 3 is 2.89 bits per heavy atom. The number of carbonyl (C=O) groups is 1. The van der Waals surface area contributed by atoms with Gasteiger partial charge in [-0.15, -0.1) is 0 Å². The summed E-state index contributed by atoms with van der Waals surface area (Å²) in [5, 5.41) is 3.20. The summed E-state index contributed by atoms with van der Waals surface area (Å²) in [5.41, 5.74) is 5.96. The first-order valence-corrected chi connectivity index (χ1v) is 6.11. The Hall–Kier alpha value is -1.85. The second-order valence-corrected chi connectivity index (χ2v) is 3.94. The molecule has 0 aliphatic heterocycles. The lowest BCUT2D eigenvalue weighted by Crippen LogP contribution is -2.11. The molecule has 0 atom stereocenters. The van der Waals surface area contributed by atoms with Gasteiger partial charge in [0.15, 0.2) is 0 Å². The summed E-state index contributed by atoms with van der Waals surface area (Å²) in [4.78, 5) is 18.8. The first-order chi connectivity index (χ1) is 8.65. The third kappa shape index (κ3) is 4.57. The molecule has 0 unspecified atom stereocenters. The van der Waals surface area contributed by atoms with E-state index in [4.69, 9.17) is 10.5 Å². The zero-order valence-corrected chi connectivity index (χ0v) is 10.9. The van der Waals surface area contributed by atoms with Crippen molar-refractivity contribution in [2.75, 3.05) is 18.5 Å². The van der Waals surface area contributed by atoms with Crippen molar-refractivity contribution in [3.63, 3.8) is 0 Å². The minimum absolute atomic E-state index is 0.258. The molecular weight excluding hydrogens is 232 g/mol. The molecule has 6 nitrogen and oxygen atoms in total. The Morgan fingerprint density at radius 2 is 2.22 bits per heavy atom. The Morgan fingerprint density at radius 1 is 1.44 bits per heavy atom. The van der Waals surface area contributed by atoms with Crippen LogP contribution in [0.5, 0.6) is 5.88 Å². The highest BCUT2D eigenvalue weighted by Gasteiger charge is 2.06. The Bertz CT molecular complexity index is 396. The lowest BCUT2D eigenvalue weighted by molar-refractivity contribution is -0.118. The molecule has 0 spiro atoms. The molecule has 0 aliphatic carbocycles. The summed E-state index contributed by atoms with van der Waals surface area (Å²) in [6.45, 7) is 5.15. The van der Waals surface area contributed by atoms with Crippen molar-refractivity contribution in [3.05, 3.63) is 11.9 Å². The number of hydrogen-bond donors (Lipinski definition) is 2. The minimum atomic E-state index is -0.258. The van der Waals surface area contributed by atoms with E-state index in [0.717, 1.165) is 30.8 Å². The van der Waals surface area contributed by atoms with Gasteiger partial charge in [-0.2, -0.15) is 0 Å². The molecule has 1 heterocycles. The van der Waals surface area contributed by atoms with Crippen LogP contribution in [0.4, 0.5) is 5.82 Å². The molecule has 0 fully saturated rings. The zero-order valence-electron chi connectivity index (χ0n) is 10.9. The number of unbranched alkanes of at least 4 members (excludes halogenated alkanes) is 1. The predicted octanol–water partition coefficient (Wildman–Crippen LogP) is 1.25. The molecular formula is C12H20N4O2. The zero-order chi connectivity index (χ0) is 13.4. The lowest BCUT2D eigenvalue weighted by atomic mass is 10.2. The molecule has 100 valence electrons. The number of carbonyl (C=O) groups excluding carboxylic acids is 1. The second-order valence-electron chi connectivity index (χ2n) is 3.94. The largest absolute Gasteiger partial charge is 0.478 e. The van der Waals surface area contributed by atoms with Gasteiger partial charge in [0.1, 0.15) is 12.1 Å². The third-order valence-corrected chi connectivity index (χ3v) is 2.46. The Kier molecular flexibility index (Phi) is 5.90. The van der Waals surface area contributed by atoms with E-state index in [9.17, 15) is 4.79 Å². The van der Waals surface area contributed by atoms with Gasteiger partial charge < -0.3 is 15.8 Å². The van der Waals surface area contributed by atoms with Crippen LogP contribution in [0.3, 0.4) is 0 Å². The van der Waals surface area contributed by atoms with Crippen molar-refractivity contribution in [1.29, 1.82) is 0 Å². The van der Waals surface area contributed by atoms with Gasteiger partial charge in [-0.05, 0) is 26.7 Å². The van der Waals surface area contributed by atoms with E-state index in [2.05, 4.69) is 15.3 Å². The number of amides is 1. The Labute approximate surface area is 107 Å². The molecule has 1 aromatic rings. The van der Waals surface area contributed by atoms with Crippen molar-refractivity contribution >= 4 is 11.7 Å². The van der Waals surface area contributed by atoms with Crippen LogP contribution >= 0.6 is 0 Å². The smallest absolute Gasteiger partial charge is 0.221 e. The topological polar surface area (TPSA) is 90.1 Å². The maximum atomic E-state index is 10.6. The van der Waals surface area contributed by atoms with Gasteiger partial charge in [0, 0.05) is 13.0 Å². The summed E-state index contributed by atoms with van der Waals surface area (Å²) >= 11 is 0. The molecule has 1 aromatic heterocycles. The van der Waals surface area contributed by atoms with Gasteiger partial charge in [-0.25, -0.2) is 9.97 Å². The predicted molar refractivity (Wildman–Crippen MR) is 69.5 cm³/mol. The van der Waals surface area contributed by atoms with Crippen LogP contribution in [0.2, 0.25) is 0 Å². The number of nitrogens with two attached hydrogens (primary N) is 1. The van der Waals surface area contributed by atoms with Gasteiger partial charge in [0.2, 0.25) is 11.8 Å². The molecule has 0 radical (unpaired) electrons. The number of nitrogens with zero attached hydrogens (tertiary/aromatic N) is 2. The van der Waals surface area contributed by atoms with Crippen LogP contribution in [0, 0.1) is 6.92 Å². The van der Waals surface area contributed by atoms with Crippen molar-refractivity contribution in [3.8, 4) is 5.88 Å². The fourth-order valence-corrected chi connectivity index (χ4v) is 1.53. The van der Waals surface area contributed by atoms with Crippen molar-refractivity contribution < 1.29 is 9.53 Å². The maximum Gasteiger partial charge on any atom is 0.221 e. The van der Waals surface area contributed by atoms with E-state index in [1.807, 2.05) is 13.8 Å². The summed E-state index contributed by atoms with van der Waals surface area (Å²) in [7, 11) is 0. The number of anilines is 1. The highest BCUT2D eigenvalue weighted by molar-refractivity contribution is 5.73. The van der Waals surface area contributed by atoms with Crippen LogP contribution in [0.25, 0.3) is 0 Å². The average Bonchev–Trinajstić information content (AvgIpc) is 2.33. The Balaban J connectivity index is 2.42. The molecule has 0 aliphatic rings. The van der Waals surface area contributed by atoms with E-state index in [0.29, 0.717) is 18.9 Å². The van der Waals surface area contributed by atoms with Gasteiger partial charge in [-0.3, -0.25) is 4.79 Å². The molecule has 6 heteroatoms. The van der Waals surface area contributed by atoms with Crippen LogP contribution in [-0.4, -0.2) is 29.0 Å². The fourth-order valence-electron chi connectivity index (χ4n) is 1.53. The maximum absolute atomic E-state index is 10.6. The van der Waals surface area contributed by atoms with Crippen molar-refractivity contribution in [2.45, 2.75) is 33.1 Å². The number of rotatable bonds is 8. The minimum Gasteiger partial charge on any atom is -0.478 e.